The van der Waals surface area contributed by atoms with Gasteiger partial charge in [0.15, 0.2) is 0 Å². The average molecular weight is 419 g/mol. The Morgan fingerprint density at radius 2 is 1.76 bits per heavy atom. The molecule has 5 rings (SSSR count). The maximum absolute atomic E-state index is 13.2. The van der Waals surface area contributed by atoms with Gasteiger partial charge in [-0.05, 0) is 68.3 Å². The van der Waals surface area contributed by atoms with E-state index in [0.717, 1.165) is 68.2 Å². The van der Waals surface area contributed by atoms with E-state index in [9.17, 15) is 19.5 Å². The summed E-state index contributed by atoms with van der Waals surface area (Å²) in [6.07, 6.45) is 8.69. The lowest BCUT2D eigenvalue weighted by atomic mass is 9.58. The third kappa shape index (κ3) is 3.69. The van der Waals surface area contributed by atoms with Crippen LogP contribution in [-0.4, -0.2) is 22.9 Å². The number of hydrogen-bond donors (Lipinski definition) is 3. The Hall–Kier alpha value is -1.89. The van der Waals surface area contributed by atoms with E-state index in [1.807, 2.05) is 0 Å². The maximum atomic E-state index is 13.2. The molecule has 1 aromatic rings. The Bertz CT molecular complexity index is 825. The number of primary amides is 1. The summed E-state index contributed by atoms with van der Waals surface area (Å²) in [5, 5.41) is 13.2. The molecule has 3 saturated carbocycles. The van der Waals surface area contributed by atoms with Crippen LogP contribution in [0.4, 0.5) is 5.00 Å². The van der Waals surface area contributed by atoms with Crippen molar-refractivity contribution in [1.82, 2.24) is 0 Å². The van der Waals surface area contributed by atoms with Crippen molar-refractivity contribution in [2.45, 2.75) is 64.7 Å². The largest absolute Gasteiger partial charge is 0.481 e. The number of nitrogens with one attached hydrogen (secondary N) is 1. The molecule has 4 N–H and O–H groups in total. The number of thiophene rings is 1. The summed E-state index contributed by atoms with van der Waals surface area (Å²) in [5.41, 5.74) is 7.13. The zero-order chi connectivity index (χ0) is 20.7. The molecule has 4 aliphatic carbocycles. The standard InChI is InChI=1S/C22H30N2O4S/c1-2-3-11-4-9-14-15(10-11)29-21(18(14)19(23)25)24-20(26)16-12-5-7-13(8-6-12)17(16)22(27)28/h11-13,16-17H,2-10H2,1H3,(H2,23,25)(H,24,26)(H,27,28)/t11-,12?,13?,16+,17-/m1/s1. The molecule has 0 saturated heterocycles. The van der Waals surface area contributed by atoms with Crippen LogP contribution >= 0.6 is 11.3 Å². The van der Waals surface area contributed by atoms with Crippen molar-refractivity contribution < 1.29 is 19.5 Å². The van der Waals surface area contributed by atoms with Crippen LogP contribution in [-0.2, 0) is 22.4 Å². The zero-order valence-corrected chi connectivity index (χ0v) is 17.7. The molecule has 0 radical (unpaired) electrons. The minimum Gasteiger partial charge on any atom is -0.481 e. The third-order valence-corrected chi connectivity index (χ3v) is 8.52. The molecule has 0 aromatic carbocycles. The Kier molecular flexibility index (Phi) is 5.69. The summed E-state index contributed by atoms with van der Waals surface area (Å²) >= 11 is 1.46. The third-order valence-electron chi connectivity index (χ3n) is 7.35. The fraction of sp³-hybridized carbons (Fsp3) is 0.682. The first kappa shape index (κ1) is 20.4. The van der Waals surface area contributed by atoms with Crippen molar-refractivity contribution in [3.05, 3.63) is 16.0 Å². The van der Waals surface area contributed by atoms with Gasteiger partial charge in [0.25, 0.3) is 5.91 Å². The quantitative estimate of drug-likeness (QED) is 0.652. The van der Waals surface area contributed by atoms with Crippen molar-refractivity contribution in [2.24, 2.45) is 35.3 Å². The van der Waals surface area contributed by atoms with Crippen molar-refractivity contribution in [2.75, 3.05) is 5.32 Å². The lowest BCUT2D eigenvalue weighted by molar-refractivity contribution is -0.156. The van der Waals surface area contributed by atoms with Gasteiger partial charge >= 0.3 is 5.97 Å². The normalized spacial score (nSPS) is 30.6. The predicted molar refractivity (Wildman–Crippen MR) is 112 cm³/mol. The Morgan fingerprint density at radius 1 is 1.10 bits per heavy atom. The number of rotatable bonds is 6. The van der Waals surface area contributed by atoms with Gasteiger partial charge in [0.1, 0.15) is 5.00 Å². The van der Waals surface area contributed by atoms with Crippen molar-refractivity contribution in [3.63, 3.8) is 0 Å². The van der Waals surface area contributed by atoms with E-state index in [1.54, 1.807) is 0 Å². The fourth-order valence-electron chi connectivity index (χ4n) is 6.03. The number of fused-ring (bicyclic) bond motifs is 4. The van der Waals surface area contributed by atoms with E-state index in [-0.39, 0.29) is 17.7 Å². The maximum Gasteiger partial charge on any atom is 0.307 e. The molecule has 7 heteroatoms. The SMILES string of the molecule is CCC[C@@H]1CCc2c(sc(NC(=O)[C@H]3C4CCC(CC4)[C@H]3C(=O)O)c2C(N)=O)C1. The predicted octanol–water partition coefficient (Wildman–Crippen LogP) is 3.83. The fourth-order valence-corrected chi connectivity index (χ4v) is 7.41. The summed E-state index contributed by atoms with van der Waals surface area (Å²) in [7, 11) is 0. The Morgan fingerprint density at radius 3 is 2.34 bits per heavy atom. The van der Waals surface area contributed by atoms with Gasteiger partial charge in [-0.15, -0.1) is 11.3 Å². The first-order chi connectivity index (χ1) is 13.9. The lowest BCUT2D eigenvalue weighted by Gasteiger charge is -2.45. The van der Waals surface area contributed by atoms with Crippen LogP contribution in [0.5, 0.6) is 0 Å². The minimum absolute atomic E-state index is 0.0789. The molecule has 6 nitrogen and oxygen atoms in total. The van der Waals surface area contributed by atoms with Gasteiger partial charge in [0.2, 0.25) is 5.91 Å². The second-order valence-electron chi connectivity index (χ2n) is 9.02. The van der Waals surface area contributed by atoms with Crippen LogP contribution in [0.2, 0.25) is 0 Å². The lowest BCUT2D eigenvalue weighted by Crippen LogP contribution is -2.49. The van der Waals surface area contributed by atoms with Gasteiger partial charge in [0, 0.05) is 4.88 Å². The molecule has 0 aliphatic heterocycles. The number of nitrogens with two attached hydrogens (primary N) is 1. The molecule has 3 atom stereocenters. The Balaban J connectivity index is 1.60. The topological polar surface area (TPSA) is 109 Å². The van der Waals surface area contributed by atoms with Crippen LogP contribution in [0.1, 0.15) is 72.7 Å². The van der Waals surface area contributed by atoms with Crippen molar-refractivity contribution in [3.8, 4) is 0 Å². The highest BCUT2D eigenvalue weighted by Crippen LogP contribution is 2.50. The highest BCUT2D eigenvalue weighted by Gasteiger charge is 2.50. The van der Waals surface area contributed by atoms with E-state index < -0.39 is 23.7 Å². The summed E-state index contributed by atoms with van der Waals surface area (Å²) in [6.45, 7) is 2.18. The number of carboxylic acids is 1. The molecule has 0 unspecified atom stereocenters. The van der Waals surface area contributed by atoms with Gasteiger partial charge in [-0.2, -0.15) is 0 Å². The Labute approximate surface area is 175 Å². The summed E-state index contributed by atoms with van der Waals surface area (Å²) < 4.78 is 0. The second kappa shape index (κ2) is 8.09. The van der Waals surface area contributed by atoms with Gasteiger partial charge in [-0.25, -0.2) is 0 Å². The van der Waals surface area contributed by atoms with E-state index >= 15 is 0 Å². The van der Waals surface area contributed by atoms with Crippen LogP contribution in [0.15, 0.2) is 0 Å². The summed E-state index contributed by atoms with van der Waals surface area (Å²) in [4.78, 5) is 38.5. The zero-order valence-electron chi connectivity index (χ0n) is 16.9. The van der Waals surface area contributed by atoms with Crippen LogP contribution in [0, 0.1) is 29.6 Å². The number of hydrogen-bond acceptors (Lipinski definition) is 4. The highest BCUT2D eigenvalue weighted by atomic mass is 32.1. The molecular formula is C22H30N2O4S. The minimum atomic E-state index is -0.873. The van der Waals surface area contributed by atoms with Crippen molar-refractivity contribution >= 4 is 34.1 Å². The number of carbonyl (C=O) groups is 3. The molecule has 4 aliphatic rings. The molecule has 3 fully saturated rings. The highest BCUT2D eigenvalue weighted by molar-refractivity contribution is 7.17. The summed E-state index contributed by atoms with van der Waals surface area (Å²) in [5.74, 6) is -1.97. The number of carbonyl (C=O) groups excluding carboxylic acids is 2. The van der Waals surface area contributed by atoms with Crippen LogP contribution in [0.25, 0.3) is 0 Å². The van der Waals surface area contributed by atoms with Gasteiger partial charge in [-0.3, -0.25) is 14.4 Å². The molecule has 1 aromatic heterocycles. The molecule has 1 heterocycles. The van der Waals surface area contributed by atoms with E-state index in [0.29, 0.717) is 16.5 Å². The average Bonchev–Trinajstić information content (AvgIpc) is 3.05. The number of anilines is 1. The first-order valence-electron chi connectivity index (χ1n) is 10.9. The molecular weight excluding hydrogens is 388 g/mol. The van der Waals surface area contributed by atoms with Gasteiger partial charge in [-0.1, -0.05) is 19.8 Å². The molecule has 29 heavy (non-hydrogen) atoms. The van der Waals surface area contributed by atoms with Crippen LogP contribution < -0.4 is 11.1 Å². The molecule has 158 valence electrons. The first-order valence-corrected chi connectivity index (χ1v) is 11.7. The molecule has 2 bridgehead atoms. The van der Waals surface area contributed by atoms with Gasteiger partial charge < -0.3 is 16.2 Å². The van der Waals surface area contributed by atoms with E-state index in [2.05, 4.69) is 12.2 Å². The summed E-state index contributed by atoms with van der Waals surface area (Å²) in [6, 6.07) is 0. The number of carboxylic acid groups (broad SMARTS) is 1. The van der Waals surface area contributed by atoms with Crippen LogP contribution in [0.3, 0.4) is 0 Å². The van der Waals surface area contributed by atoms with Gasteiger partial charge in [0.05, 0.1) is 17.4 Å². The molecule has 0 spiro atoms. The number of amides is 2. The van der Waals surface area contributed by atoms with Crippen molar-refractivity contribution in [1.29, 1.82) is 0 Å². The smallest absolute Gasteiger partial charge is 0.307 e. The monoisotopic (exact) mass is 418 g/mol. The number of aliphatic carboxylic acids is 1. The molecule has 2 amide bonds. The van der Waals surface area contributed by atoms with E-state index in [1.165, 1.54) is 11.3 Å². The van der Waals surface area contributed by atoms with E-state index in [4.69, 9.17) is 5.73 Å². The second-order valence-corrected chi connectivity index (χ2v) is 10.1.